The number of aryl methyl sites for hydroxylation is 2. The van der Waals surface area contributed by atoms with E-state index in [9.17, 15) is 9.18 Å². The van der Waals surface area contributed by atoms with Crippen molar-refractivity contribution in [2.75, 3.05) is 6.61 Å². The minimum atomic E-state index is -0.322. The number of hydrogen-bond donors (Lipinski definition) is 1. The topological polar surface area (TPSA) is 43.3 Å². The summed E-state index contributed by atoms with van der Waals surface area (Å²) in [5.74, 6) is 0.195. The largest absolute Gasteiger partial charge is 0.493 e. The van der Waals surface area contributed by atoms with Gasteiger partial charge in [0, 0.05) is 37.5 Å². The lowest BCUT2D eigenvalue weighted by molar-refractivity contribution is -0.121. The minimum Gasteiger partial charge on any atom is -0.493 e. The highest BCUT2D eigenvalue weighted by atomic mass is 19.1. The molecular formula is C19H25FN2O2. The zero-order chi connectivity index (χ0) is 17.4. The molecule has 0 aliphatic heterocycles. The average molecular weight is 332 g/mol. The molecule has 1 N–H and O–H groups in total. The number of halogens is 1. The normalized spacial score (nSPS) is 12.0. The molecule has 0 bridgehead atoms. The third-order valence-electron chi connectivity index (χ3n) is 3.91. The van der Waals surface area contributed by atoms with E-state index in [4.69, 9.17) is 4.74 Å². The Bertz CT molecular complexity index is 654. The number of amides is 1. The fourth-order valence-corrected chi connectivity index (χ4v) is 2.52. The van der Waals surface area contributed by atoms with Crippen LogP contribution in [-0.4, -0.2) is 23.1 Å². The number of benzene rings is 1. The Labute approximate surface area is 142 Å². The lowest BCUT2D eigenvalue weighted by Gasteiger charge is -2.14. The second-order valence-electron chi connectivity index (χ2n) is 6.03. The van der Waals surface area contributed by atoms with E-state index in [0.717, 1.165) is 12.8 Å². The van der Waals surface area contributed by atoms with Crippen LogP contribution < -0.4 is 10.1 Å². The molecule has 5 heteroatoms. The molecule has 2 aromatic rings. The summed E-state index contributed by atoms with van der Waals surface area (Å²) in [6.07, 6.45) is 4.88. The van der Waals surface area contributed by atoms with Crippen molar-refractivity contribution in [3.05, 3.63) is 54.1 Å². The van der Waals surface area contributed by atoms with Crippen LogP contribution in [0.15, 0.2) is 42.6 Å². The van der Waals surface area contributed by atoms with E-state index in [2.05, 4.69) is 16.0 Å². The molecule has 0 saturated heterocycles. The molecule has 1 heterocycles. The van der Waals surface area contributed by atoms with Crippen molar-refractivity contribution in [2.45, 2.75) is 38.6 Å². The van der Waals surface area contributed by atoms with Crippen LogP contribution in [0.1, 0.15) is 31.9 Å². The Morgan fingerprint density at radius 1 is 1.33 bits per heavy atom. The Morgan fingerprint density at radius 2 is 2.17 bits per heavy atom. The van der Waals surface area contributed by atoms with Crippen molar-refractivity contribution in [3.8, 4) is 5.75 Å². The van der Waals surface area contributed by atoms with Gasteiger partial charge in [0.15, 0.2) is 0 Å². The van der Waals surface area contributed by atoms with Gasteiger partial charge in [0.2, 0.25) is 5.91 Å². The van der Waals surface area contributed by atoms with E-state index < -0.39 is 0 Å². The van der Waals surface area contributed by atoms with Crippen molar-refractivity contribution >= 4 is 5.91 Å². The second-order valence-corrected chi connectivity index (χ2v) is 6.03. The molecule has 1 aromatic carbocycles. The van der Waals surface area contributed by atoms with Crippen LogP contribution in [0, 0.1) is 5.82 Å². The quantitative estimate of drug-likeness (QED) is 0.715. The van der Waals surface area contributed by atoms with E-state index in [0.29, 0.717) is 25.2 Å². The van der Waals surface area contributed by atoms with E-state index in [-0.39, 0.29) is 17.8 Å². The van der Waals surface area contributed by atoms with Gasteiger partial charge >= 0.3 is 0 Å². The number of carbonyl (C=O) groups excluding carboxylic acids is 1. The van der Waals surface area contributed by atoms with Crippen LogP contribution in [0.4, 0.5) is 4.39 Å². The first-order valence-electron chi connectivity index (χ1n) is 8.32. The maximum atomic E-state index is 13.0. The van der Waals surface area contributed by atoms with Crippen molar-refractivity contribution in [1.29, 1.82) is 0 Å². The Morgan fingerprint density at radius 3 is 2.88 bits per heavy atom. The molecule has 0 spiro atoms. The summed E-state index contributed by atoms with van der Waals surface area (Å²) >= 11 is 0. The molecule has 24 heavy (non-hydrogen) atoms. The summed E-state index contributed by atoms with van der Waals surface area (Å²) in [5.41, 5.74) is 1.26. The summed E-state index contributed by atoms with van der Waals surface area (Å²) in [7, 11) is 2.02. The molecular weight excluding hydrogens is 307 g/mol. The van der Waals surface area contributed by atoms with Crippen LogP contribution in [0.25, 0.3) is 0 Å². The lowest BCUT2D eigenvalue weighted by Crippen LogP contribution is -2.33. The maximum absolute atomic E-state index is 13.0. The number of ether oxygens (including phenoxy) is 1. The molecule has 4 nitrogen and oxygen atoms in total. The molecule has 0 fully saturated rings. The van der Waals surface area contributed by atoms with Gasteiger partial charge in [-0.1, -0.05) is 6.07 Å². The number of carbonyl (C=O) groups is 1. The van der Waals surface area contributed by atoms with Crippen molar-refractivity contribution in [3.63, 3.8) is 0 Å². The first-order valence-corrected chi connectivity index (χ1v) is 8.32. The fraction of sp³-hybridized carbons (Fsp3) is 0.421. The SMILES string of the molecule is CC(CCc1cccn1C)NC(=O)CCCOc1cccc(F)c1. The summed E-state index contributed by atoms with van der Waals surface area (Å²) in [6, 6.07) is 10.3. The minimum absolute atomic E-state index is 0.0252. The van der Waals surface area contributed by atoms with Crippen LogP contribution in [0.5, 0.6) is 5.75 Å². The molecule has 0 aliphatic carbocycles. The van der Waals surface area contributed by atoms with E-state index >= 15 is 0 Å². The van der Waals surface area contributed by atoms with Crippen molar-refractivity contribution < 1.29 is 13.9 Å². The van der Waals surface area contributed by atoms with Gasteiger partial charge < -0.3 is 14.6 Å². The molecule has 1 aromatic heterocycles. The molecule has 2 rings (SSSR count). The lowest BCUT2D eigenvalue weighted by atomic mass is 10.1. The predicted molar refractivity (Wildman–Crippen MR) is 92.5 cm³/mol. The van der Waals surface area contributed by atoms with Gasteiger partial charge in [-0.05, 0) is 50.5 Å². The Hall–Kier alpha value is -2.30. The third-order valence-corrected chi connectivity index (χ3v) is 3.91. The van der Waals surface area contributed by atoms with Gasteiger partial charge in [-0.3, -0.25) is 4.79 Å². The summed E-state index contributed by atoms with van der Waals surface area (Å²) in [5, 5.41) is 3.01. The standard InChI is InChI=1S/C19H25FN2O2/c1-15(10-11-17-7-4-12-22(17)2)21-19(23)9-5-13-24-18-8-3-6-16(20)14-18/h3-4,6-8,12,14-15H,5,9-11,13H2,1-2H3,(H,21,23). The number of nitrogens with one attached hydrogen (secondary N) is 1. The maximum Gasteiger partial charge on any atom is 0.220 e. The molecule has 1 amide bonds. The Kier molecular flexibility index (Phi) is 6.85. The molecule has 130 valence electrons. The first kappa shape index (κ1) is 18.0. The van der Waals surface area contributed by atoms with Crippen molar-refractivity contribution in [2.24, 2.45) is 7.05 Å². The zero-order valence-corrected chi connectivity index (χ0v) is 14.3. The smallest absolute Gasteiger partial charge is 0.220 e. The second kappa shape index (κ2) is 9.11. The van der Waals surface area contributed by atoms with E-state index in [1.54, 1.807) is 12.1 Å². The number of rotatable bonds is 9. The number of aromatic nitrogens is 1. The van der Waals surface area contributed by atoms with Gasteiger partial charge in [0.25, 0.3) is 0 Å². The van der Waals surface area contributed by atoms with Gasteiger partial charge in [0.05, 0.1) is 6.61 Å². The van der Waals surface area contributed by atoms with Crippen LogP contribution in [-0.2, 0) is 18.3 Å². The van der Waals surface area contributed by atoms with E-state index in [1.807, 2.05) is 26.2 Å². The average Bonchev–Trinajstić information content (AvgIpc) is 2.95. The monoisotopic (exact) mass is 332 g/mol. The number of nitrogens with zero attached hydrogens (tertiary/aromatic N) is 1. The summed E-state index contributed by atoms with van der Waals surface area (Å²) in [4.78, 5) is 11.9. The van der Waals surface area contributed by atoms with Crippen LogP contribution in [0.2, 0.25) is 0 Å². The van der Waals surface area contributed by atoms with Crippen LogP contribution >= 0.6 is 0 Å². The highest BCUT2D eigenvalue weighted by molar-refractivity contribution is 5.76. The summed E-state index contributed by atoms with van der Waals surface area (Å²) in [6.45, 7) is 2.42. The highest BCUT2D eigenvalue weighted by Crippen LogP contribution is 2.12. The highest BCUT2D eigenvalue weighted by Gasteiger charge is 2.08. The fourth-order valence-electron chi connectivity index (χ4n) is 2.52. The van der Waals surface area contributed by atoms with Crippen LogP contribution in [0.3, 0.4) is 0 Å². The number of hydrogen-bond acceptors (Lipinski definition) is 2. The molecule has 1 unspecified atom stereocenters. The molecule has 1 atom stereocenters. The summed E-state index contributed by atoms with van der Waals surface area (Å²) < 4.78 is 20.5. The van der Waals surface area contributed by atoms with Gasteiger partial charge in [0.1, 0.15) is 11.6 Å². The zero-order valence-electron chi connectivity index (χ0n) is 14.3. The third kappa shape index (κ3) is 6.07. The van der Waals surface area contributed by atoms with Gasteiger partial charge in [-0.25, -0.2) is 4.39 Å². The first-order chi connectivity index (χ1) is 11.5. The van der Waals surface area contributed by atoms with Gasteiger partial charge in [-0.2, -0.15) is 0 Å². The van der Waals surface area contributed by atoms with Crippen molar-refractivity contribution in [1.82, 2.24) is 9.88 Å². The Balaban J connectivity index is 1.59. The van der Waals surface area contributed by atoms with E-state index in [1.165, 1.54) is 17.8 Å². The molecule has 0 radical (unpaired) electrons. The van der Waals surface area contributed by atoms with Gasteiger partial charge in [-0.15, -0.1) is 0 Å². The predicted octanol–water partition coefficient (Wildman–Crippen LogP) is 3.46. The molecule has 0 saturated carbocycles. The molecule has 0 aliphatic rings.